The Bertz CT molecular complexity index is 656. The molecule has 1 N–H and O–H groups in total. The van der Waals surface area contributed by atoms with Gasteiger partial charge in [-0.2, -0.15) is 0 Å². The van der Waals surface area contributed by atoms with Gasteiger partial charge in [-0.15, -0.1) is 0 Å². The first kappa shape index (κ1) is 33.6. The Labute approximate surface area is 239 Å². The number of aliphatic hydroxyl groups is 1. The highest BCUT2D eigenvalue weighted by Crippen LogP contribution is 2.46. The summed E-state index contributed by atoms with van der Waals surface area (Å²) in [4.78, 5) is 0. The summed E-state index contributed by atoms with van der Waals surface area (Å²) in [6, 6.07) is 0. The molecule has 0 aromatic heterocycles. The van der Waals surface area contributed by atoms with Crippen LogP contribution in [0.1, 0.15) is 151 Å². The highest BCUT2D eigenvalue weighted by Gasteiger charge is 2.38. The molecule has 0 aromatic rings. The Morgan fingerprint density at radius 3 is 2.16 bits per heavy atom. The van der Waals surface area contributed by atoms with Gasteiger partial charge in [-0.25, -0.2) is 0 Å². The second-order valence-electron chi connectivity index (χ2n) is 14.2. The van der Waals surface area contributed by atoms with E-state index in [4.69, 9.17) is 0 Å². The van der Waals surface area contributed by atoms with Crippen LogP contribution in [0.5, 0.6) is 0 Å². The zero-order valence-electron chi connectivity index (χ0n) is 26.9. The third kappa shape index (κ3) is 10.4. The molecular formula is C37H68O. The molecule has 1 nitrogen and oxygen atoms in total. The maximum Gasteiger partial charge on any atom is 0.0568 e. The lowest BCUT2D eigenvalue weighted by Crippen LogP contribution is -2.37. The summed E-state index contributed by atoms with van der Waals surface area (Å²) < 4.78 is 0. The lowest BCUT2D eigenvalue weighted by atomic mass is 9.62. The Morgan fingerprint density at radius 2 is 1.55 bits per heavy atom. The summed E-state index contributed by atoms with van der Waals surface area (Å²) in [5, 5.41) is 11.6. The van der Waals surface area contributed by atoms with E-state index in [1.807, 2.05) is 6.08 Å². The van der Waals surface area contributed by atoms with Gasteiger partial charge in [0.05, 0.1) is 6.10 Å². The third-order valence-corrected chi connectivity index (χ3v) is 11.4. The standard InChI is InChI=1S/C37H68O/c1-9-14-27(5)16-13-17-36(35(12-4)32-22-18-28(6)19-23-32)34(11-3)30(8)37(38)25-24-31-21-20-29(7)26-33(31)15-10-2/h9,14,28-38H,1,10-13,15-26H2,2-8H3/b27-14-/t28-,29-,30?,31+,32+,33?,34?,35?,36+,37-/m1/s1. The van der Waals surface area contributed by atoms with Crippen LogP contribution in [0.15, 0.2) is 24.3 Å². The van der Waals surface area contributed by atoms with E-state index in [1.54, 1.807) is 0 Å². The molecule has 2 rings (SSSR count). The van der Waals surface area contributed by atoms with E-state index in [0.29, 0.717) is 11.8 Å². The van der Waals surface area contributed by atoms with Crippen LogP contribution in [0.2, 0.25) is 0 Å². The highest BCUT2D eigenvalue weighted by molar-refractivity contribution is 5.07. The van der Waals surface area contributed by atoms with Crippen molar-refractivity contribution in [2.24, 2.45) is 53.3 Å². The fourth-order valence-electron chi connectivity index (χ4n) is 9.01. The second kappa shape index (κ2) is 18.0. The van der Waals surface area contributed by atoms with Gasteiger partial charge in [0.15, 0.2) is 0 Å². The first-order valence-electron chi connectivity index (χ1n) is 17.2. The van der Waals surface area contributed by atoms with Crippen LogP contribution < -0.4 is 0 Å². The highest BCUT2D eigenvalue weighted by atomic mass is 16.3. The molecule has 0 spiro atoms. The summed E-state index contributed by atoms with van der Waals surface area (Å²) >= 11 is 0. The molecule has 8 atom stereocenters. The van der Waals surface area contributed by atoms with Crippen LogP contribution in [0, 0.1) is 53.3 Å². The van der Waals surface area contributed by atoms with Gasteiger partial charge in [0.1, 0.15) is 0 Å². The van der Waals surface area contributed by atoms with Crippen molar-refractivity contribution >= 4 is 0 Å². The van der Waals surface area contributed by atoms with Gasteiger partial charge in [0, 0.05) is 0 Å². The van der Waals surface area contributed by atoms with Gasteiger partial charge in [-0.1, -0.05) is 111 Å². The molecule has 0 saturated heterocycles. The minimum Gasteiger partial charge on any atom is -0.393 e. The molecule has 0 aliphatic heterocycles. The maximum absolute atomic E-state index is 11.6. The van der Waals surface area contributed by atoms with Crippen molar-refractivity contribution in [2.75, 3.05) is 0 Å². The van der Waals surface area contributed by atoms with Crippen molar-refractivity contribution in [3.8, 4) is 0 Å². The minimum atomic E-state index is -0.143. The SMILES string of the molecule is C=C/C=C(/C)CCC[C@@H](C(CC)C(C)[C@H](O)CC[C@@H]1CC[C@@H](C)CC1CCC)C(CC)[C@H]1CC[C@@H](C)CC1. The quantitative estimate of drug-likeness (QED) is 0.186. The largest absolute Gasteiger partial charge is 0.393 e. The molecule has 2 aliphatic carbocycles. The van der Waals surface area contributed by atoms with Crippen LogP contribution in [0.3, 0.4) is 0 Å². The molecule has 222 valence electrons. The van der Waals surface area contributed by atoms with E-state index in [-0.39, 0.29) is 6.10 Å². The number of hydrogen-bond acceptors (Lipinski definition) is 1. The molecule has 4 unspecified atom stereocenters. The van der Waals surface area contributed by atoms with E-state index in [2.05, 4.69) is 61.1 Å². The Balaban J connectivity index is 2.12. The Morgan fingerprint density at radius 1 is 0.868 bits per heavy atom. The van der Waals surface area contributed by atoms with E-state index in [1.165, 1.54) is 102 Å². The molecular weight excluding hydrogens is 460 g/mol. The number of aliphatic hydroxyl groups excluding tert-OH is 1. The zero-order valence-corrected chi connectivity index (χ0v) is 26.9. The van der Waals surface area contributed by atoms with Gasteiger partial charge >= 0.3 is 0 Å². The predicted molar refractivity (Wildman–Crippen MR) is 169 cm³/mol. The average molecular weight is 529 g/mol. The van der Waals surface area contributed by atoms with Crippen molar-refractivity contribution in [2.45, 2.75) is 157 Å². The van der Waals surface area contributed by atoms with Gasteiger partial charge in [-0.3, -0.25) is 0 Å². The molecule has 0 radical (unpaired) electrons. The van der Waals surface area contributed by atoms with E-state index in [9.17, 15) is 5.11 Å². The van der Waals surface area contributed by atoms with Gasteiger partial charge in [0.25, 0.3) is 0 Å². The second-order valence-corrected chi connectivity index (χ2v) is 14.2. The lowest BCUT2D eigenvalue weighted by Gasteiger charge is -2.43. The van der Waals surface area contributed by atoms with Crippen LogP contribution in [0.25, 0.3) is 0 Å². The predicted octanol–water partition coefficient (Wildman–Crippen LogP) is 11.4. The Kier molecular flexibility index (Phi) is 15.9. The lowest BCUT2D eigenvalue weighted by molar-refractivity contribution is 0.0108. The smallest absolute Gasteiger partial charge is 0.0568 e. The van der Waals surface area contributed by atoms with E-state index in [0.717, 1.165) is 47.8 Å². The maximum atomic E-state index is 11.6. The molecule has 2 fully saturated rings. The normalized spacial score (nSPS) is 30.8. The van der Waals surface area contributed by atoms with Crippen LogP contribution in [-0.4, -0.2) is 11.2 Å². The Hall–Kier alpha value is -0.560. The average Bonchev–Trinajstić information content (AvgIpc) is 2.90. The molecule has 1 heteroatoms. The van der Waals surface area contributed by atoms with E-state index >= 15 is 0 Å². The van der Waals surface area contributed by atoms with Crippen molar-refractivity contribution < 1.29 is 5.11 Å². The number of hydrogen-bond donors (Lipinski definition) is 1. The monoisotopic (exact) mass is 529 g/mol. The fraction of sp³-hybridized carbons (Fsp3) is 0.892. The van der Waals surface area contributed by atoms with Crippen LogP contribution >= 0.6 is 0 Å². The summed E-state index contributed by atoms with van der Waals surface area (Å²) in [6.45, 7) is 20.7. The summed E-state index contributed by atoms with van der Waals surface area (Å²) in [5.74, 6) is 7.04. The van der Waals surface area contributed by atoms with E-state index < -0.39 is 0 Å². The summed E-state index contributed by atoms with van der Waals surface area (Å²) in [7, 11) is 0. The summed E-state index contributed by atoms with van der Waals surface area (Å²) in [6.07, 6.45) is 25.2. The van der Waals surface area contributed by atoms with Crippen LogP contribution in [0.4, 0.5) is 0 Å². The van der Waals surface area contributed by atoms with Gasteiger partial charge < -0.3 is 5.11 Å². The topological polar surface area (TPSA) is 20.2 Å². The molecule has 0 bridgehead atoms. The minimum absolute atomic E-state index is 0.143. The van der Waals surface area contributed by atoms with Crippen molar-refractivity contribution in [3.05, 3.63) is 24.3 Å². The van der Waals surface area contributed by atoms with Crippen LogP contribution in [-0.2, 0) is 0 Å². The molecule has 38 heavy (non-hydrogen) atoms. The summed E-state index contributed by atoms with van der Waals surface area (Å²) in [5.41, 5.74) is 1.46. The molecule has 0 amide bonds. The zero-order chi connectivity index (χ0) is 28.1. The first-order valence-corrected chi connectivity index (χ1v) is 17.2. The number of rotatable bonds is 17. The molecule has 0 aromatic carbocycles. The van der Waals surface area contributed by atoms with Gasteiger partial charge in [-0.05, 0) is 118 Å². The first-order chi connectivity index (χ1) is 18.2. The fourth-order valence-corrected chi connectivity index (χ4v) is 9.01. The molecule has 0 heterocycles. The van der Waals surface area contributed by atoms with Crippen molar-refractivity contribution in [1.82, 2.24) is 0 Å². The molecule has 2 saturated carbocycles. The molecule has 2 aliphatic rings. The van der Waals surface area contributed by atoms with Gasteiger partial charge in [0.2, 0.25) is 0 Å². The number of allylic oxidation sites excluding steroid dienone is 3. The van der Waals surface area contributed by atoms with Crippen molar-refractivity contribution in [3.63, 3.8) is 0 Å². The third-order valence-electron chi connectivity index (χ3n) is 11.4. The van der Waals surface area contributed by atoms with Crippen molar-refractivity contribution in [1.29, 1.82) is 0 Å².